The Morgan fingerprint density at radius 3 is 2.65 bits per heavy atom. The van der Waals surface area contributed by atoms with E-state index in [0.717, 1.165) is 18.5 Å². The van der Waals surface area contributed by atoms with Crippen molar-refractivity contribution in [2.24, 2.45) is 0 Å². The molecule has 0 atom stereocenters. The predicted molar refractivity (Wildman–Crippen MR) is 75.1 cm³/mol. The first-order valence-electron chi connectivity index (χ1n) is 6.71. The minimum atomic E-state index is -0.622. The Bertz CT molecular complexity index is 465. The van der Waals surface area contributed by atoms with Gasteiger partial charge in [-0.2, -0.15) is 0 Å². The van der Waals surface area contributed by atoms with Crippen LogP contribution in [0.25, 0.3) is 0 Å². The van der Waals surface area contributed by atoms with Crippen LogP contribution in [0.2, 0.25) is 0 Å². The molecule has 1 aromatic carbocycles. The number of nitrogens with one attached hydrogen (secondary N) is 2. The summed E-state index contributed by atoms with van der Waals surface area (Å²) >= 11 is 0. The van der Waals surface area contributed by atoms with E-state index in [2.05, 4.69) is 10.6 Å². The van der Waals surface area contributed by atoms with Crippen molar-refractivity contribution in [3.05, 3.63) is 29.8 Å². The zero-order chi connectivity index (χ0) is 14.4. The highest BCUT2D eigenvalue weighted by Crippen LogP contribution is 2.10. The summed E-state index contributed by atoms with van der Waals surface area (Å²) in [6.45, 7) is 2.69. The molecule has 1 saturated heterocycles. The molecule has 0 aromatic heterocycles. The average Bonchev–Trinajstić information content (AvgIpc) is 2.76. The summed E-state index contributed by atoms with van der Waals surface area (Å²) in [4.78, 5) is 25.5. The second kappa shape index (κ2) is 7.02. The molecule has 0 bridgehead atoms. The fraction of sp³-hybridized carbons (Fsp3) is 0.429. The van der Waals surface area contributed by atoms with Gasteiger partial charge >= 0.3 is 11.8 Å². The molecule has 6 heteroatoms. The lowest BCUT2D eigenvalue weighted by Gasteiger charge is -2.19. The molecule has 2 rings (SSSR count). The van der Waals surface area contributed by atoms with Gasteiger partial charge in [-0.05, 0) is 30.7 Å². The molecule has 1 aliphatic rings. The van der Waals surface area contributed by atoms with Gasteiger partial charge in [0.1, 0.15) is 0 Å². The summed E-state index contributed by atoms with van der Waals surface area (Å²) in [6.07, 6.45) is 0.851. The molecule has 1 heterocycles. The third-order valence-electron chi connectivity index (χ3n) is 3.22. The van der Waals surface area contributed by atoms with E-state index in [4.69, 9.17) is 5.11 Å². The molecular formula is C14H19N3O3. The highest BCUT2D eigenvalue weighted by Gasteiger charge is 2.22. The number of hydrogen-bond donors (Lipinski definition) is 3. The lowest BCUT2D eigenvalue weighted by Crippen LogP contribution is -2.41. The summed E-state index contributed by atoms with van der Waals surface area (Å²) in [5.74, 6) is -1.12. The fourth-order valence-corrected chi connectivity index (χ4v) is 2.07. The van der Waals surface area contributed by atoms with Crippen molar-refractivity contribution in [1.82, 2.24) is 10.2 Å². The van der Waals surface area contributed by atoms with Crippen LogP contribution in [0, 0.1) is 0 Å². The Balaban J connectivity index is 1.94. The summed E-state index contributed by atoms with van der Waals surface area (Å²) in [7, 11) is 0. The first-order chi connectivity index (χ1) is 9.70. The van der Waals surface area contributed by atoms with Crippen LogP contribution in [0.5, 0.6) is 0 Å². The van der Waals surface area contributed by atoms with Gasteiger partial charge in [0.05, 0.1) is 6.61 Å². The number of nitrogens with zero attached hydrogens (tertiary/aromatic N) is 1. The highest BCUT2D eigenvalue weighted by atomic mass is 16.3. The van der Waals surface area contributed by atoms with Gasteiger partial charge in [-0.3, -0.25) is 9.59 Å². The molecule has 2 amide bonds. The first-order valence-corrected chi connectivity index (χ1v) is 6.71. The quantitative estimate of drug-likeness (QED) is 0.661. The largest absolute Gasteiger partial charge is 0.392 e. The topological polar surface area (TPSA) is 81.7 Å². The standard InChI is InChI=1S/C14H19N3O3/c18-10-11-2-4-12(5-3-11)16-13(19)14(20)17-8-1-6-15-7-9-17/h2-5,15,18H,1,6-10H2,(H,16,19). The number of amides is 2. The van der Waals surface area contributed by atoms with Gasteiger partial charge in [0.25, 0.3) is 0 Å². The van der Waals surface area contributed by atoms with Crippen LogP contribution in [0.15, 0.2) is 24.3 Å². The molecule has 108 valence electrons. The minimum Gasteiger partial charge on any atom is -0.392 e. The molecule has 1 aromatic rings. The van der Waals surface area contributed by atoms with Crippen LogP contribution >= 0.6 is 0 Å². The molecule has 1 aliphatic heterocycles. The Labute approximate surface area is 117 Å². The van der Waals surface area contributed by atoms with E-state index < -0.39 is 11.8 Å². The van der Waals surface area contributed by atoms with Crippen molar-refractivity contribution in [2.45, 2.75) is 13.0 Å². The third-order valence-corrected chi connectivity index (χ3v) is 3.22. The number of anilines is 1. The maximum Gasteiger partial charge on any atom is 0.313 e. The van der Waals surface area contributed by atoms with Gasteiger partial charge in [-0.25, -0.2) is 0 Å². The number of benzene rings is 1. The maximum absolute atomic E-state index is 12.0. The molecule has 0 radical (unpaired) electrons. The smallest absolute Gasteiger partial charge is 0.313 e. The molecule has 0 saturated carbocycles. The number of hydrogen-bond acceptors (Lipinski definition) is 4. The number of aliphatic hydroxyl groups excluding tert-OH is 1. The zero-order valence-corrected chi connectivity index (χ0v) is 11.3. The minimum absolute atomic E-state index is 0.0477. The van der Waals surface area contributed by atoms with Crippen LogP contribution in [0.4, 0.5) is 5.69 Å². The van der Waals surface area contributed by atoms with E-state index in [0.29, 0.717) is 25.3 Å². The maximum atomic E-state index is 12.0. The Morgan fingerprint density at radius 2 is 1.95 bits per heavy atom. The number of rotatable bonds is 2. The molecule has 0 unspecified atom stereocenters. The van der Waals surface area contributed by atoms with E-state index in [1.165, 1.54) is 0 Å². The van der Waals surface area contributed by atoms with Crippen LogP contribution in [-0.4, -0.2) is 48.0 Å². The Morgan fingerprint density at radius 1 is 1.20 bits per heavy atom. The normalized spacial score (nSPS) is 15.6. The van der Waals surface area contributed by atoms with Crippen LogP contribution in [-0.2, 0) is 16.2 Å². The lowest BCUT2D eigenvalue weighted by molar-refractivity contribution is -0.143. The van der Waals surface area contributed by atoms with E-state index >= 15 is 0 Å². The zero-order valence-electron chi connectivity index (χ0n) is 11.3. The van der Waals surface area contributed by atoms with Crippen molar-refractivity contribution < 1.29 is 14.7 Å². The van der Waals surface area contributed by atoms with E-state index in [9.17, 15) is 9.59 Å². The van der Waals surface area contributed by atoms with Crippen molar-refractivity contribution in [2.75, 3.05) is 31.5 Å². The van der Waals surface area contributed by atoms with Gasteiger partial charge in [0, 0.05) is 25.3 Å². The Hall–Kier alpha value is -1.92. The van der Waals surface area contributed by atoms with Crippen LogP contribution in [0.3, 0.4) is 0 Å². The summed E-state index contributed by atoms with van der Waals surface area (Å²) in [6, 6.07) is 6.74. The van der Waals surface area contributed by atoms with E-state index in [-0.39, 0.29) is 6.61 Å². The SMILES string of the molecule is O=C(Nc1ccc(CO)cc1)C(=O)N1CCCNCC1. The van der Waals surface area contributed by atoms with E-state index in [1.54, 1.807) is 29.2 Å². The highest BCUT2D eigenvalue weighted by molar-refractivity contribution is 6.39. The van der Waals surface area contributed by atoms with Gasteiger partial charge in [-0.1, -0.05) is 12.1 Å². The molecule has 0 spiro atoms. The monoisotopic (exact) mass is 277 g/mol. The van der Waals surface area contributed by atoms with Crippen LogP contribution < -0.4 is 10.6 Å². The van der Waals surface area contributed by atoms with Gasteiger partial charge in [-0.15, -0.1) is 0 Å². The van der Waals surface area contributed by atoms with Crippen molar-refractivity contribution in [3.63, 3.8) is 0 Å². The van der Waals surface area contributed by atoms with Gasteiger partial charge in [0.15, 0.2) is 0 Å². The summed E-state index contributed by atoms with van der Waals surface area (Å²) in [5.41, 5.74) is 1.31. The number of carbonyl (C=O) groups is 2. The molecule has 3 N–H and O–H groups in total. The lowest BCUT2D eigenvalue weighted by atomic mass is 10.2. The summed E-state index contributed by atoms with van der Waals surface area (Å²) < 4.78 is 0. The van der Waals surface area contributed by atoms with E-state index in [1.807, 2.05) is 0 Å². The predicted octanol–water partition coefficient (Wildman–Crippen LogP) is -0.0607. The van der Waals surface area contributed by atoms with Crippen molar-refractivity contribution in [1.29, 1.82) is 0 Å². The summed E-state index contributed by atoms with van der Waals surface area (Å²) in [5, 5.41) is 14.7. The number of aliphatic hydroxyl groups is 1. The van der Waals surface area contributed by atoms with Crippen LogP contribution in [0.1, 0.15) is 12.0 Å². The molecule has 20 heavy (non-hydrogen) atoms. The average molecular weight is 277 g/mol. The molecule has 6 nitrogen and oxygen atoms in total. The molecular weight excluding hydrogens is 258 g/mol. The Kier molecular flexibility index (Phi) is 5.09. The van der Waals surface area contributed by atoms with Gasteiger partial charge in [0.2, 0.25) is 0 Å². The third kappa shape index (κ3) is 3.79. The molecule has 0 aliphatic carbocycles. The van der Waals surface area contributed by atoms with Crippen molar-refractivity contribution >= 4 is 17.5 Å². The molecule has 1 fully saturated rings. The second-order valence-corrected chi connectivity index (χ2v) is 4.70. The van der Waals surface area contributed by atoms with Crippen molar-refractivity contribution in [3.8, 4) is 0 Å². The van der Waals surface area contributed by atoms with Gasteiger partial charge < -0.3 is 20.6 Å². The fourth-order valence-electron chi connectivity index (χ4n) is 2.07. The number of carbonyl (C=O) groups excluding carboxylic acids is 2. The second-order valence-electron chi connectivity index (χ2n) is 4.70. The first kappa shape index (κ1) is 14.5.